The van der Waals surface area contributed by atoms with E-state index in [-0.39, 0.29) is 11.5 Å². The van der Waals surface area contributed by atoms with Crippen LogP contribution in [0, 0.1) is 22.0 Å². The van der Waals surface area contributed by atoms with Gasteiger partial charge in [-0.3, -0.25) is 14.9 Å². The van der Waals surface area contributed by atoms with Gasteiger partial charge in [0.1, 0.15) is 0 Å². The molecular formula is C14H16N2O3. The second kappa shape index (κ2) is 4.74. The van der Waals surface area contributed by atoms with Gasteiger partial charge >= 0.3 is 0 Å². The number of benzene rings is 1. The van der Waals surface area contributed by atoms with Gasteiger partial charge in [0, 0.05) is 24.1 Å². The Morgan fingerprint density at radius 1 is 1.26 bits per heavy atom. The van der Waals surface area contributed by atoms with Gasteiger partial charge in [-0.15, -0.1) is 0 Å². The largest absolute Gasteiger partial charge is 0.316 e. The molecule has 1 fully saturated rings. The van der Waals surface area contributed by atoms with Crippen molar-refractivity contribution in [1.82, 2.24) is 5.32 Å². The Labute approximate surface area is 111 Å². The number of nitro groups is 1. The molecule has 2 atom stereocenters. The number of rotatable bonds is 1. The highest BCUT2D eigenvalue weighted by atomic mass is 16.6. The van der Waals surface area contributed by atoms with E-state index < -0.39 is 4.92 Å². The smallest absolute Gasteiger partial charge is 0.270 e. The van der Waals surface area contributed by atoms with Crippen molar-refractivity contribution in [3.8, 4) is 0 Å². The van der Waals surface area contributed by atoms with Gasteiger partial charge in [-0.25, -0.2) is 0 Å². The van der Waals surface area contributed by atoms with Crippen LogP contribution < -0.4 is 5.32 Å². The minimum absolute atomic E-state index is 0.00935. The topological polar surface area (TPSA) is 72.2 Å². The molecule has 1 aliphatic carbocycles. The lowest BCUT2D eigenvalue weighted by atomic mass is 9.82. The minimum Gasteiger partial charge on any atom is -0.316 e. The van der Waals surface area contributed by atoms with Crippen LogP contribution in [0.15, 0.2) is 18.2 Å². The summed E-state index contributed by atoms with van der Waals surface area (Å²) in [6.07, 6.45) is 2.39. The molecule has 19 heavy (non-hydrogen) atoms. The molecule has 1 aromatic rings. The van der Waals surface area contributed by atoms with Gasteiger partial charge < -0.3 is 5.32 Å². The monoisotopic (exact) mass is 260 g/mol. The molecule has 1 N–H and O–H groups in total. The van der Waals surface area contributed by atoms with E-state index in [1.165, 1.54) is 12.1 Å². The van der Waals surface area contributed by atoms with Crippen LogP contribution in [0.5, 0.6) is 0 Å². The second-order valence-electron chi connectivity index (χ2n) is 5.44. The predicted octanol–water partition coefficient (Wildman–Crippen LogP) is 1.95. The number of ketones is 1. The van der Waals surface area contributed by atoms with E-state index in [9.17, 15) is 14.9 Å². The first-order valence-corrected chi connectivity index (χ1v) is 6.66. The number of nitrogens with zero attached hydrogens (tertiary/aromatic N) is 1. The highest BCUT2D eigenvalue weighted by molar-refractivity contribution is 5.98. The number of nitro benzene ring substituents is 1. The van der Waals surface area contributed by atoms with E-state index in [1.807, 2.05) is 0 Å². The Kier molecular flexibility index (Phi) is 3.06. The lowest BCUT2D eigenvalue weighted by Gasteiger charge is -2.30. The number of hydrogen-bond donors (Lipinski definition) is 1. The quantitative estimate of drug-likeness (QED) is 0.618. The number of hydrogen-bond acceptors (Lipinski definition) is 4. The molecule has 0 radical (unpaired) electrons. The summed E-state index contributed by atoms with van der Waals surface area (Å²) in [5.41, 5.74) is 1.53. The molecule has 5 nitrogen and oxygen atoms in total. The number of piperidine rings is 1. The van der Waals surface area contributed by atoms with Crippen LogP contribution in [0.3, 0.4) is 0 Å². The van der Waals surface area contributed by atoms with Crippen LogP contribution >= 0.6 is 0 Å². The van der Waals surface area contributed by atoms with E-state index in [1.54, 1.807) is 6.07 Å². The van der Waals surface area contributed by atoms with Crippen molar-refractivity contribution in [3.63, 3.8) is 0 Å². The standard InChI is InChI=1S/C14H16N2O3/c17-14-6-9-3-4-15-8-11(9)5-10-1-2-12(16(18)19)7-13(10)14/h1-2,7,9,11,15H,3-6,8H2/t9-,11+/m1/s1. The van der Waals surface area contributed by atoms with E-state index in [4.69, 9.17) is 0 Å². The number of non-ortho nitro benzene ring substituents is 1. The molecule has 0 unspecified atom stereocenters. The van der Waals surface area contributed by atoms with Gasteiger partial charge in [-0.2, -0.15) is 0 Å². The first kappa shape index (κ1) is 12.3. The molecule has 1 aromatic carbocycles. The van der Waals surface area contributed by atoms with Crippen LogP contribution in [-0.4, -0.2) is 23.8 Å². The first-order valence-electron chi connectivity index (χ1n) is 6.66. The third kappa shape index (κ3) is 2.26. The van der Waals surface area contributed by atoms with Gasteiger partial charge in [0.15, 0.2) is 5.78 Å². The second-order valence-corrected chi connectivity index (χ2v) is 5.44. The molecule has 0 amide bonds. The molecule has 100 valence electrons. The predicted molar refractivity (Wildman–Crippen MR) is 70.2 cm³/mol. The number of nitrogens with one attached hydrogen (secondary N) is 1. The van der Waals surface area contributed by atoms with Crippen molar-refractivity contribution < 1.29 is 9.72 Å². The molecule has 0 saturated carbocycles. The number of Topliss-reactive ketones (excluding diaryl/α,β-unsaturated/α-hetero) is 1. The molecule has 3 rings (SSSR count). The SMILES string of the molecule is O=C1C[C@H]2CCNC[C@@H]2Cc2ccc([N+](=O)[O-])cc21. The Balaban J connectivity index is 1.99. The van der Waals surface area contributed by atoms with Gasteiger partial charge in [-0.05, 0) is 43.3 Å². The van der Waals surface area contributed by atoms with Crippen molar-refractivity contribution >= 4 is 11.5 Å². The Hall–Kier alpha value is -1.75. The molecule has 0 bridgehead atoms. The van der Waals surface area contributed by atoms with Crippen LogP contribution in [-0.2, 0) is 6.42 Å². The average Bonchev–Trinajstić information content (AvgIpc) is 2.54. The normalized spacial score (nSPS) is 26.2. The summed E-state index contributed by atoms with van der Waals surface area (Å²) in [6.45, 7) is 1.90. The molecule has 1 aliphatic heterocycles. The van der Waals surface area contributed by atoms with E-state index in [2.05, 4.69) is 5.32 Å². The van der Waals surface area contributed by atoms with E-state index >= 15 is 0 Å². The van der Waals surface area contributed by atoms with Crippen LogP contribution in [0.1, 0.15) is 28.8 Å². The fourth-order valence-corrected chi connectivity index (χ4v) is 3.23. The highest BCUT2D eigenvalue weighted by Crippen LogP contribution is 2.33. The summed E-state index contributed by atoms with van der Waals surface area (Å²) in [7, 11) is 0. The van der Waals surface area contributed by atoms with Gasteiger partial charge in [-0.1, -0.05) is 6.07 Å². The number of carbonyl (C=O) groups excluding carboxylic acids is 1. The average molecular weight is 260 g/mol. The Morgan fingerprint density at radius 2 is 2.11 bits per heavy atom. The summed E-state index contributed by atoms with van der Waals surface area (Å²) in [5, 5.41) is 14.2. The fraction of sp³-hybridized carbons (Fsp3) is 0.500. The van der Waals surface area contributed by atoms with E-state index in [0.29, 0.717) is 23.8 Å². The van der Waals surface area contributed by atoms with Crippen molar-refractivity contribution in [3.05, 3.63) is 39.4 Å². The van der Waals surface area contributed by atoms with Crippen molar-refractivity contribution in [2.75, 3.05) is 13.1 Å². The number of fused-ring (bicyclic) bond motifs is 2. The summed E-state index contributed by atoms with van der Waals surface area (Å²) in [6, 6.07) is 4.70. The summed E-state index contributed by atoms with van der Waals surface area (Å²) in [5.74, 6) is 0.953. The van der Waals surface area contributed by atoms with Crippen LogP contribution in [0.2, 0.25) is 0 Å². The maximum absolute atomic E-state index is 12.3. The summed E-state index contributed by atoms with van der Waals surface area (Å²) >= 11 is 0. The van der Waals surface area contributed by atoms with Crippen LogP contribution in [0.25, 0.3) is 0 Å². The van der Waals surface area contributed by atoms with Crippen LogP contribution in [0.4, 0.5) is 5.69 Å². The Bertz CT molecular complexity index is 541. The minimum atomic E-state index is -0.437. The molecule has 0 spiro atoms. The lowest BCUT2D eigenvalue weighted by molar-refractivity contribution is -0.384. The zero-order valence-corrected chi connectivity index (χ0v) is 10.6. The Morgan fingerprint density at radius 3 is 2.89 bits per heavy atom. The molecule has 0 aromatic heterocycles. The van der Waals surface area contributed by atoms with E-state index in [0.717, 1.165) is 31.5 Å². The number of carbonyl (C=O) groups is 1. The zero-order valence-electron chi connectivity index (χ0n) is 10.6. The highest BCUT2D eigenvalue weighted by Gasteiger charge is 2.32. The maximum Gasteiger partial charge on any atom is 0.270 e. The lowest BCUT2D eigenvalue weighted by Crippen LogP contribution is -2.37. The molecule has 5 heteroatoms. The van der Waals surface area contributed by atoms with Gasteiger partial charge in [0.05, 0.1) is 4.92 Å². The molecule has 2 aliphatic rings. The zero-order chi connectivity index (χ0) is 13.4. The third-order valence-electron chi connectivity index (χ3n) is 4.30. The molecular weight excluding hydrogens is 244 g/mol. The van der Waals surface area contributed by atoms with Crippen molar-refractivity contribution in [2.45, 2.75) is 19.3 Å². The fourth-order valence-electron chi connectivity index (χ4n) is 3.23. The van der Waals surface area contributed by atoms with Gasteiger partial charge in [0.25, 0.3) is 5.69 Å². The first-order chi connectivity index (χ1) is 9.15. The van der Waals surface area contributed by atoms with Gasteiger partial charge in [0.2, 0.25) is 0 Å². The molecule has 1 saturated heterocycles. The van der Waals surface area contributed by atoms with Crippen molar-refractivity contribution in [1.29, 1.82) is 0 Å². The third-order valence-corrected chi connectivity index (χ3v) is 4.30. The van der Waals surface area contributed by atoms with Crippen molar-refractivity contribution in [2.24, 2.45) is 11.8 Å². The maximum atomic E-state index is 12.3. The summed E-state index contributed by atoms with van der Waals surface area (Å²) in [4.78, 5) is 22.7. The molecule has 1 heterocycles. The summed E-state index contributed by atoms with van der Waals surface area (Å²) < 4.78 is 0.